The van der Waals surface area contributed by atoms with Crippen molar-refractivity contribution in [2.75, 3.05) is 6.54 Å². The molecule has 0 saturated carbocycles. The van der Waals surface area contributed by atoms with Gasteiger partial charge in [-0.15, -0.1) is 0 Å². The van der Waals surface area contributed by atoms with Gasteiger partial charge in [-0.25, -0.2) is 0 Å². The van der Waals surface area contributed by atoms with Crippen molar-refractivity contribution in [3.8, 4) is 0 Å². The number of nitrogens with one attached hydrogen (secondary N) is 1. The molecule has 2 aromatic heterocycles. The molecule has 0 aromatic carbocycles. The number of hydrogen-bond donors (Lipinski definition) is 1. The molecule has 1 N–H and O–H groups in total. The first-order chi connectivity index (χ1) is 7.86. The summed E-state index contributed by atoms with van der Waals surface area (Å²) in [4.78, 5) is 4.12. The minimum Gasteiger partial charge on any atom is -0.469 e. The fourth-order valence-corrected chi connectivity index (χ4v) is 1.57. The van der Waals surface area contributed by atoms with E-state index in [1.165, 1.54) is 11.1 Å². The average molecular weight is 216 g/mol. The zero-order valence-corrected chi connectivity index (χ0v) is 9.44. The van der Waals surface area contributed by atoms with Crippen molar-refractivity contribution in [1.82, 2.24) is 10.3 Å². The van der Waals surface area contributed by atoms with Crippen molar-refractivity contribution in [2.45, 2.75) is 19.9 Å². The van der Waals surface area contributed by atoms with Gasteiger partial charge in [0, 0.05) is 31.9 Å². The van der Waals surface area contributed by atoms with E-state index < -0.39 is 0 Å². The van der Waals surface area contributed by atoms with E-state index in [2.05, 4.69) is 17.2 Å². The first-order valence-electron chi connectivity index (χ1n) is 5.49. The molecule has 2 heterocycles. The van der Waals surface area contributed by atoms with Crippen LogP contribution in [0.1, 0.15) is 16.9 Å². The van der Waals surface area contributed by atoms with E-state index in [0.717, 1.165) is 25.3 Å². The molecule has 0 atom stereocenters. The highest BCUT2D eigenvalue weighted by Crippen LogP contribution is 2.04. The zero-order valence-electron chi connectivity index (χ0n) is 9.44. The summed E-state index contributed by atoms with van der Waals surface area (Å²) in [6, 6.07) is 5.95. The van der Waals surface area contributed by atoms with Gasteiger partial charge in [-0.05, 0) is 36.2 Å². The summed E-state index contributed by atoms with van der Waals surface area (Å²) in [6.07, 6.45) is 6.36. The van der Waals surface area contributed by atoms with E-state index in [-0.39, 0.29) is 0 Å². The Morgan fingerprint density at radius 1 is 1.38 bits per heavy atom. The van der Waals surface area contributed by atoms with Crippen LogP contribution in [0.3, 0.4) is 0 Å². The fourth-order valence-electron chi connectivity index (χ4n) is 1.57. The minimum atomic E-state index is 0.861. The summed E-state index contributed by atoms with van der Waals surface area (Å²) in [5.74, 6) is 1.02. The lowest BCUT2D eigenvalue weighted by Gasteiger charge is -2.05. The summed E-state index contributed by atoms with van der Waals surface area (Å²) in [5, 5.41) is 3.38. The van der Waals surface area contributed by atoms with E-state index in [4.69, 9.17) is 4.42 Å². The largest absolute Gasteiger partial charge is 0.469 e. The Labute approximate surface area is 95.5 Å². The molecule has 3 nitrogen and oxygen atoms in total. The monoisotopic (exact) mass is 216 g/mol. The van der Waals surface area contributed by atoms with Gasteiger partial charge in [0.15, 0.2) is 0 Å². The molecule has 0 aliphatic rings. The maximum absolute atomic E-state index is 5.26. The molecule has 2 rings (SSSR count). The van der Waals surface area contributed by atoms with Crippen molar-refractivity contribution < 1.29 is 4.42 Å². The molecule has 16 heavy (non-hydrogen) atoms. The summed E-state index contributed by atoms with van der Waals surface area (Å²) in [5.41, 5.74) is 2.53. The van der Waals surface area contributed by atoms with Gasteiger partial charge in [-0.1, -0.05) is 0 Å². The maximum atomic E-state index is 5.26. The van der Waals surface area contributed by atoms with Gasteiger partial charge in [0.1, 0.15) is 5.76 Å². The summed E-state index contributed by atoms with van der Waals surface area (Å²) in [6.45, 7) is 3.88. The van der Waals surface area contributed by atoms with Crippen molar-refractivity contribution >= 4 is 0 Å². The molecule has 0 radical (unpaired) electrons. The first kappa shape index (κ1) is 10.9. The molecular formula is C13H16N2O. The Hall–Kier alpha value is -1.61. The molecule has 0 saturated heterocycles. The van der Waals surface area contributed by atoms with Crippen LogP contribution >= 0.6 is 0 Å². The van der Waals surface area contributed by atoms with Crippen LogP contribution in [-0.4, -0.2) is 11.5 Å². The molecular weight excluding hydrogens is 200 g/mol. The van der Waals surface area contributed by atoms with Crippen LogP contribution in [0.4, 0.5) is 0 Å². The molecule has 0 fully saturated rings. The van der Waals surface area contributed by atoms with E-state index in [9.17, 15) is 0 Å². The Balaban J connectivity index is 1.74. The third-order valence-electron chi connectivity index (χ3n) is 2.59. The van der Waals surface area contributed by atoms with E-state index in [1.54, 1.807) is 6.26 Å². The van der Waals surface area contributed by atoms with E-state index >= 15 is 0 Å². The van der Waals surface area contributed by atoms with Crippen LogP contribution in [0.2, 0.25) is 0 Å². The zero-order chi connectivity index (χ0) is 11.2. The number of hydrogen-bond acceptors (Lipinski definition) is 3. The van der Waals surface area contributed by atoms with Crippen LogP contribution in [0.15, 0.2) is 41.3 Å². The lowest BCUT2D eigenvalue weighted by atomic mass is 10.1. The summed E-state index contributed by atoms with van der Waals surface area (Å²) >= 11 is 0. The van der Waals surface area contributed by atoms with Gasteiger partial charge in [-0.2, -0.15) is 0 Å². The normalized spacial score (nSPS) is 10.6. The fraction of sp³-hybridized carbons (Fsp3) is 0.308. The highest BCUT2D eigenvalue weighted by Gasteiger charge is 1.98. The van der Waals surface area contributed by atoms with Crippen LogP contribution in [0.5, 0.6) is 0 Å². The summed E-state index contributed by atoms with van der Waals surface area (Å²) in [7, 11) is 0. The second-order valence-corrected chi connectivity index (χ2v) is 3.81. The molecule has 0 aliphatic carbocycles. The Kier molecular flexibility index (Phi) is 3.72. The van der Waals surface area contributed by atoms with Gasteiger partial charge in [0.2, 0.25) is 0 Å². The minimum absolute atomic E-state index is 0.861. The lowest BCUT2D eigenvalue weighted by Crippen LogP contribution is -2.17. The molecule has 2 aromatic rings. The van der Waals surface area contributed by atoms with Crippen LogP contribution in [0.25, 0.3) is 0 Å². The molecule has 0 aliphatic heterocycles. The number of pyridine rings is 1. The van der Waals surface area contributed by atoms with E-state index in [0.29, 0.717) is 0 Å². The number of nitrogens with zero attached hydrogens (tertiary/aromatic N) is 1. The van der Waals surface area contributed by atoms with Gasteiger partial charge in [-0.3, -0.25) is 4.98 Å². The van der Waals surface area contributed by atoms with Crippen LogP contribution < -0.4 is 5.32 Å². The molecule has 0 bridgehead atoms. The molecule has 84 valence electrons. The van der Waals surface area contributed by atoms with Crippen molar-refractivity contribution in [2.24, 2.45) is 0 Å². The SMILES string of the molecule is Cc1ccncc1CNCCc1ccco1. The second kappa shape index (κ2) is 5.47. The van der Waals surface area contributed by atoms with Gasteiger partial charge >= 0.3 is 0 Å². The Morgan fingerprint density at radius 2 is 2.31 bits per heavy atom. The predicted molar refractivity (Wildman–Crippen MR) is 63.1 cm³/mol. The Morgan fingerprint density at radius 3 is 3.06 bits per heavy atom. The highest BCUT2D eigenvalue weighted by molar-refractivity contribution is 5.20. The van der Waals surface area contributed by atoms with Gasteiger partial charge in [0.25, 0.3) is 0 Å². The predicted octanol–water partition coefficient (Wildman–Crippen LogP) is 2.32. The highest BCUT2D eigenvalue weighted by atomic mass is 16.3. The smallest absolute Gasteiger partial charge is 0.105 e. The Bertz CT molecular complexity index is 423. The average Bonchev–Trinajstić information content (AvgIpc) is 2.79. The number of rotatable bonds is 5. The quantitative estimate of drug-likeness (QED) is 0.779. The first-order valence-corrected chi connectivity index (χ1v) is 5.49. The lowest BCUT2D eigenvalue weighted by molar-refractivity contribution is 0.498. The standard InChI is InChI=1S/C13H16N2O/c1-11-4-6-14-9-12(11)10-15-7-5-13-3-2-8-16-13/h2-4,6,8-9,15H,5,7,10H2,1H3. The van der Waals surface area contributed by atoms with Gasteiger partial charge < -0.3 is 9.73 Å². The van der Waals surface area contributed by atoms with E-state index in [1.807, 2.05) is 30.6 Å². The number of aryl methyl sites for hydroxylation is 1. The topological polar surface area (TPSA) is 38.1 Å². The van der Waals surface area contributed by atoms with Crippen LogP contribution in [0, 0.1) is 6.92 Å². The molecule has 0 spiro atoms. The summed E-state index contributed by atoms with van der Waals surface area (Å²) < 4.78 is 5.26. The van der Waals surface area contributed by atoms with Crippen molar-refractivity contribution in [1.29, 1.82) is 0 Å². The number of furan rings is 1. The maximum Gasteiger partial charge on any atom is 0.105 e. The molecule has 0 unspecified atom stereocenters. The second-order valence-electron chi connectivity index (χ2n) is 3.81. The van der Waals surface area contributed by atoms with Crippen LogP contribution in [-0.2, 0) is 13.0 Å². The third kappa shape index (κ3) is 2.94. The third-order valence-corrected chi connectivity index (χ3v) is 2.59. The van der Waals surface area contributed by atoms with Gasteiger partial charge in [0.05, 0.1) is 6.26 Å². The van der Waals surface area contributed by atoms with Crippen molar-refractivity contribution in [3.05, 3.63) is 53.7 Å². The van der Waals surface area contributed by atoms with Crippen molar-refractivity contribution in [3.63, 3.8) is 0 Å². The molecule has 3 heteroatoms. The molecule has 0 amide bonds. The number of aromatic nitrogens is 1.